The molecule has 1 unspecified atom stereocenters. The van der Waals surface area contributed by atoms with E-state index in [0.29, 0.717) is 13.1 Å². The van der Waals surface area contributed by atoms with Gasteiger partial charge in [-0.25, -0.2) is 0 Å². The van der Waals surface area contributed by atoms with E-state index in [9.17, 15) is 9.59 Å². The highest BCUT2D eigenvalue weighted by Crippen LogP contribution is 2.05. The third-order valence-electron chi connectivity index (χ3n) is 2.71. The van der Waals surface area contributed by atoms with Crippen LogP contribution in [0.4, 0.5) is 0 Å². The number of carbonyl (C=O) groups excluding carboxylic acids is 1. The van der Waals surface area contributed by atoms with Gasteiger partial charge in [-0.3, -0.25) is 19.5 Å². The smallest absolute Gasteiger partial charge is 0.307 e. The molecule has 1 aromatic heterocycles. The number of likely N-dealkylation sites (N-methyl/N-ethyl adjacent to an activating group) is 1. The number of nitrogens with zero attached hydrogens (tertiary/aromatic N) is 2. The molecule has 0 fully saturated rings. The van der Waals surface area contributed by atoms with Gasteiger partial charge >= 0.3 is 5.97 Å². The lowest BCUT2D eigenvalue weighted by molar-refractivity contribution is -0.142. The van der Waals surface area contributed by atoms with E-state index in [0.717, 1.165) is 5.69 Å². The molecule has 1 rings (SSSR count). The van der Waals surface area contributed by atoms with E-state index in [1.807, 2.05) is 18.2 Å². The summed E-state index contributed by atoms with van der Waals surface area (Å²) in [4.78, 5) is 28.3. The lowest BCUT2D eigenvalue weighted by Gasteiger charge is -2.22. The van der Waals surface area contributed by atoms with Crippen LogP contribution >= 0.6 is 0 Å². The summed E-state index contributed by atoms with van der Waals surface area (Å²) in [5, 5.41) is 11.5. The molecule has 1 amide bonds. The second kappa shape index (κ2) is 7.48. The summed E-state index contributed by atoms with van der Waals surface area (Å²) in [5.74, 6) is -1.55. The Kier molecular flexibility index (Phi) is 5.95. The molecule has 2 N–H and O–H groups in total. The molecule has 104 valence electrons. The second-order valence-corrected chi connectivity index (χ2v) is 4.40. The standard InChI is InChI=1S/C13H19N3O3/c1-10(13(18)19)7-16(9-12(17)14-2)8-11-5-3-4-6-15-11/h3-6,10H,7-9H2,1-2H3,(H,14,17)(H,18,19). The zero-order chi connectivity index (χ0) is 14.3. The molecule has 1 heterocycles. The summed E-state index contributed by atoms with van der Waals surface area (Å²) >= 11 is 0. The Hall–Kier alpha value is -1.95. The number of pyridine rings is 1. The van der Waals surface area contributed by atoms with Crippen LogP contribution in [0.25, 0.3) is 0 Å². The molecule has 0 aliphatic rings. The van der Waals surface area contributed by atoms with Crippen LogP contribution in [-0.4, -0.2) is 47.0 Å². The normalized spacial score (nSPS) is 12.2. The second-order valence-electron chi connectivity index (χ2n) is 4.40. The maximum atomic E-state index is 11.4. The highest BCUT2D eigenvalue weighted by atomic mass is 16.4. The van der Waals surface area contributed by atoms with E-state index in [2.05, 4.69) is 10.3 Å². The molecule has 0 saturated heterocycles. The number of rotatable bonds is 7. The van der Waals surface area contributed by atoms with E-state index in [1.165, 1.54) is 0 Å². The molecular weight excluding hydrogens is 246 g/mol. The van der Waals surface area contributed by atoms with Gasteiger partial charge in [-0.2, -0.15) is 0 Å². The molecule has 0 aliphatic carbocycles. The summed E-state index contributed by atoms with van der Waals surface area (Å²) < 4.78 is 0. The maximum absolute atomic E-state index is 11.4. The number of amides is 1. The first-order valence-corrected chi connectivity index (χ1v) is 6.08. The van der Waals surface area contributed by atoms with Crippen molar-refractivity contribution in [1.82, 2.24) is 15.2 Å². The van der Waals surface area contributed by atoms with Gasteiger partial charge in [0.05, 0.1) is 18.2 Å². The summed E-state index contributed by atoms with van der Waals surface area (Å²) in [5.41, 5.74) is 0.809. The largest absolute Gasteiger partial charge is 0.481 e. The number of nitrogens with one attached hydrogen (secondary N) is 1. The Balaban J connectivity index is 2.68. The fourth-order valence-corrected chi connectivity index (χ4v) is 1.65. The van der Waals surface area contributed by atoms with Gasteiger partial charge < -0.3 is 10.4 Å². The minimum Gasteiger partial charge on any atom is -0.481 e. The molecule has 1 atom stereocenters. The van der Waals surface area contributed by atoms with Crippen LogP contribution in [-0.2, 0) is 16.1 Å². The molecule has 0 bridgehead atoms. The van der Waals surface area contributed by atoms with Gasteiger partial charge in [-0.05, 0) is 12.1 Å². The minimum atomic E-state index is -0.872. The minimum absolute atomic E-state index is 0.145. The summed E-state index contributed by atoms with van der Waals surface area (Å²) in [6.45, 7) is 2.54. The molecule has 6 heteroatoms. The first-order chi connectivity index (χ1) is 9.02. The van der Waals surface area contributed by atoms with Gasteiger partial charge in [0.2, 0.25) is 5.91 Å². The fraction of sp³-hybridized carbons (Fsp3) is 0.462. The number of hydrogen-bond acceptors (Lipinski definition) is 4. The Morgan fingerprint density at radius 2 is 2.21 bits per heavy atom. The molecule has 0 aromatic carbocycles. The summed E-state index contributed by atoms with van der Waals surface area (Å²) in [7, 11) is 1.56. The number of carboxylic acids is 1. The first kappa shape index (κ1) is 15.1. The van der Waals surface area contributed by atoms with Crippen LogP contribution in [0, 0.1) is 5.92 Å². The van der Waals surface area contributed by atoms with E-state index in [1.54, 1.807) is 25.1 Å². The quantitative estimate of drug-likeness (QED) is 0.743. The van der Waals surface area contributed by atoms with Gasteiger partial charge in [0.1, 0.15) is 0 Å². The van der Waals surface area contributed by atoms with Gasteiger partial charge in [0, 0.05) is 26.3 Å². The van der Waals surface area contributed by atoms with Crippen molar-refractivity contribution >= 4 is 11.9 Å². The highest BCUT2D eigenvalue weighted by molar-refractivity contribution is 5.77. The number of carbonyl (C=O) groups is 2. The molecule has 0 radical (unpaired) electrons. The third kappa shape index (κ3) is 5.48. The number of aromatic nitrogens is 1. The number of carboxylic acid groups (broad SMARTS) is 1. The van der Waals surface area contributed by atoms with E-state index in [4.69, 9.17) is 5.11 Å². The topological polar surface area (TPSA) is 82.5 Å². The van der Waals surface area contributed by atoms with Crippen LogP contribution in [0.15, 0.2) is 24.4 Å². The zero-order valence-electron chi connectivity index (χ0n) is 11.2. The molecular formula is C13H19N3O3. The lowest BCUT2D eigenvalue weighted by atomic mass is 10.1. The maximum Gasteiger partial charge on any atom is 0.307 e. The molecule has 0 aliphatic heterocycles. The molecule has 1 aromatic rings. The van der Waals surface area contributed by atoms with Crippen LogP contribution in [0.5, 0.6) is 0 Å². The van der Waals surface area contributed by atoms with Crippen molar-refractivity contribution in [2.45, 2.75) is 13.5 Å². The van der Waals surface area contributed by atoms with Crippen molar-refractivity contribution in [2.75, 3.05) is 20.1 Å². The van der Waals surface area contributed by atoms with Crippen molar-refractivity contribution in [3.8, 4) is 0 Å². The van der Waals surface area contributed by atoms with E-state index >= 15 is 0 Å². The third-order valence-corrected chi connectivity index (χ3v) is 2.71. The predicted molar refractivity (Wildman–Crippen MR) is 70.4 cm³/mol. The summed E-state index contributed by atoms with van der Waals surface area (Å²) in [6.07, 6.45) is 1.67. The molecule has 0 spiro atoms. The molecule has 6 nitrogen and oxygen atoms in total. The van der Waals surface area contributed by atoms with Crippen molar-refractivity contribution in [3.63, 3.8) is 0 Å². The monoisotopic (exact) mass is 265 g/mol. The van der Waals surface area contributed by atoms with Crippen molar-refractivity contribution in [1.29, 1.82) is 0 Å². The van der Waals surface area contributed by atoms with Crippen LogP contribution in [0.2, 0.25) is 0 Å². The van der Waals surface area contributed by atoms with Crippen LogP contribution in [0.1, 0.15) is 12.6 Å². The first-order valence-electron chi connectivity index (χ1n) is 6.08. The fourth-order valence-electron chi connectivity index (χ4n) is 1.65. The van der Waals surface area contributed by atoms with Gasteiger partial charge in [0.25, 0.3) is 0 Å². The SMILES string of the molecule is CNC(=O)CN(Cc1ccccn1)CC(C)C(=O)O. The van der Waals surface area contributed by atoms with Crippen LogP contribution < -0.4 is 5.32 Å². The number of hydrogen-bond donors (Lipinski definition) is 2. The molecule has 0 saturated carbocycles. The number of aliphatic carboxylic acids is 1. The lowest BCUT2D eigenvalue weighted by Crippen LogP contribution is -2.39. The zero-order valence-corrected chi connectivity index (χ0v) is 11.2. The van der Waals surface area contributed by atoms with Crippen molar-refractivity contribution in [2.24, 2.45) is 5.92 Å². The van der Waals surface area contributed by atoms with Crippen molar-refractivity contribution < 1.29 is 14.7 Å². The average Bonchev–Trinajstić information content (AvgIpc) is 2.39. The molecule has 19 heavy (non-hydrogen) atoms. The summed E-state index contributed by atoms with van der Waals surface area (Å²) in [6, 6.07) is 5.52. The van der Waals surface area contributed by atoms with Gasteiger partial charge in [-0.15, -0.1) is 0 Å². The van der Waals surface area contributed by atoms with Crippen molar-refractivity contribution in [3.05, 3.63) is 30.1 Å². The van der Waals surface area contributed by atoms with Gasteiger partial charge in [0.15, 0.2) is 0 Å². The Morgan fingerprint density at radius 1 is 1.47 bits per heavy atom. The Labute approximate surface area is 112 Å². The highest BCUT2D eigenvalue weighted by Gasteiger charge is 2.18. The van der Waals surface area contributed by atoms with Crippen LogP contribution in [0.3, 0.4) is 0 Å². The Bertz CT molecular complexity index is 422. The predicted octanol–water partition coefficient (Wildman–Crippen LogP) is 0.350. The average molecular weight is 265 g/mol. The van der Waals surface area contributed by atoms with E-state index in [-0.39, 0.29) is 12.5 Å². The van der Waals surface area contributed by atoms with E-state index < -0.39 is 11.9 Å². The van der Waals surface area contributed by atoms with Gasteiger partial charge in [-0.1, -0.05) is 13.0 Å². The Morgan fingerprint density at radius 3 is 2.74 bits per heavy atom.